The molecule has 0 aromatic heterocycles. The van der Waals surface area contributed by atoms with E-state index in [-0.39, 0.29) is 10.7 Å². The number of hydrogen-bond donors (Lipinski definition) is 1. The maximum atomic E-state index is 13.2. The van der Waals surface area contributed by atoms with E-state index in [1.807, 2.05) is 6.92 Å². The molecule has 1 N–H and O–H groups in total. The summed E-state index contributed by atoms with van der Waals surface area (Å²) in [7, 11) is -3.23. The molecule has 2 rings (SSSR count). The molecule has 0 fully saturated rings. The van der Waals surface area contributed by atoms with Crippen LogP contribution in [-0.2, 0) is 16.4 Å². The number of hydrogen-bond acceptors (Lipinski definition) is 3. The first-order chi connectivity index (χ1) is 9.77. The van der Waals surface area contributed by atoms with E-state index < -0.39 is 9.84 Å². The summed E-state index contributed by atoms with van der Waals surface area (Å²) in [6.45, 7) is 4.13. The summed E-state index contributed by atoms with van der Waals surface area (Å²) < 4.78 is 36.4. The third-order valence-electron chi connectivity index (χ3n) is 3.34. The third kappa shape index (κ3) is 3.82. The van der Waals surface area contributed by atoms with Gasteiger partial charge in [-0.25, -0.2) is 12.8 Å². The molecule has 0 unspecified atom stereocenters. The number of nitrogens with one attached hydrogen (secondary N) is 1. The summed E-state index contributed by atoms with van der Waals surface area (Å²) >= 11 is 0. The molecule has 0 amide bonds. The molecule has 0 aliphatic carbocycles. The topological polar surface area (TPSA) is 46.2 Å². The Morgan fingerprint density at radius 3 is 2.38 bits per heavy atom. The first kappa shape index (κ1) is 15.5. The number of aryl methyl sites for hydroxylation is 2. The number of sulfone groups is 1. The van der Waals surface area contributed by atoms with Crippen LogP contribution in [0, 0.1) is 19.7 Å². The van der Waals surface area contributed by atoms with Crippen LogP contribution in [0.25, 0.3) is 0 Å². The minimum Gasteiger partial charge on any atom is -0.381 e. The normalized spacial score (nSPS) is 11.4. The summed E-state index contributed by atoms with van der Waals surface area (Å²) in [6.07, 6.45) is 1.19. The lowest BCUT2D eigenvalue weighted by Gasteiger charge is -2.12. The lowest BCUT2D eigenvalue weighted by atomic mass is 10.1. The maximum absolute atomic E-state index is 13.2. The summed E-state index contributed by atoms with van der Waals surface area (Å²) in [6, 6.07) is 9.92. The fourth-order valence-electron chi connectivity index (χ4n) is 2.04. The molecule has 0 aliphatic rings. The van der Waals surface area contributed by atoms with E-state index in [4.69, 9.17) is 0 Å². The largest absolute Gasteiger partial charge is 0.381 e. The van der Waals surface area contributed by atoms with Crippen molar-refractivity contribution in [1.82, 2.24) is 0 Å². The zero-order valence-electron chi connectivity index (χ0n) is 12.3. The summed E-state index contributed by atoms with van der Waals surface area (Å²) in [5, 5.41) is 3.20. The van der Waals surface area contributed by atoms with Crippen LogP contribution in [0.4, 0.5) is 10.1 Å². The van der Waals surface area contributed by atoms with Crippen molar-refractivity contribution in [2.45, 2.75) is 25.3 Å². The highest BCUT2D eigenvalue weighted by Gasteiger charge is 2.09. The molecule has 0 spiro atoms. The number of anilines is 1. The quantitative estimate of drug-likeness (QED) is 0.941. The smallest absolute Gasteiger partial charge is 0.175 e. The first-order valence-electron chi connectivity index (χ1n) is 6.57. The highest BCUT2D eigenvalue weighted by molar-refractivity contribution is 7.90. The Kier molecular flexibility index (Phi) is 4.32. The molecular weight excluding hydrogens is 289 g/mol. The maximum Gasteiger partial charge on any atom is 0.175 e. The molecule has 0 atom stereocenters. The molecule has 112 valence electrons. The minimum atomic E-state index is -3.23. The Morgan fingerprint density at radius 2 is 1.76 bits per heavy atom. The van der Waals surface area contributed by atoms with E-state index in [0.29, 0.717) is 12.1 Å². The van der Waals surface area contributed by atoms with Crippen LogP contribution in [0.1, 0.15) is 16.7 Å². The molecule has 0 saturated heterocycles. The van der Waals surface area contributed by atoms with E-state index in [0.717, 1.165) is 16.8 Å². The van der Waals surface area contributed by atoms with Crippen LogP contribution in [-0.4, -0.2) is 14.7 Å². The molecule has 5 heteroatoms. The van der Waals surface area contributed by atoms with Gasteiger partial charge in [-0.1, -0.05) is 18.2 Å². The Morgan fingerprint density at radius 1 is 1.05 bits per heavy atom. The van der Waals surface area contributed by atoms with Crippen molar-refractivity contribution < 1.29 is 12.8 Å². The van der Waals surface area contributed by atoms with Crippen molar-refractivity contribution in [3.63, 3.8) is 0 Å². The SMILES string of the molecule is Cc1cc(CNc2cc(S(C)(=O)=O)ccc2C)ccc1F. The van der Waals surface area contributed by atoms with Gasteiger partial charge in [-0.2, -0.15) is 0 Å². The monoisotopic (exact) mass is 307 g/mol. The molecule has 0 aliphatic heterocycles. The van der Waals surface area contributed by atoms with Gasteiger partial charge >= 0.3 is 0 Å². The molecule has 21 heavy (non-hydrogen) atoms. The van der Waals surface area contributed by atoms with Gasteiger partial charge in [0.2, 0.25) is 0 Å². The minimum absolute atomic E-state index is 0.228. The van der Waals surface area contributed by atoms with Crippen LogP contribution >= 0.6 is 0 Å². The molecule has 0 saturated carbocycles. The van der Waals surface area contributed by atoms with Gasteiger partial charge in [0.25, 0.3) is 0 Å². The average Bonchev–Trinajstić information content (AvgIpc) is 2.40. The summed E-state index contributed by atoms with van der Waals surface area (Å²) in [5.74, 6) is -0.228. The zero-order valence-corrected chi connectivity index (χ0v) is 13.1. The van der Waals surface area contributed by atoms with E-state index in [2.05, 4.69) is 5.32 Å². The second-order valence-electron chi connectivity index (χ2n) is 5.19. The van der Waals surface area contributed by atoms with Gasteiger partial charge in [-0.15, -0.1) is 0 Å². The van der Waals surface area contributed by atoms with E-state index in [1.165, 1.54) is 12.3 Å². The highest BCUT2D eigenvalue weighted by atomic mass is 32.2. The van der Waals surface area contributed by atoms with Crippen LogP contribution in [0.5, 0.6) is 0 Å². The second-order valence-corrected chi connectivity index (χ2v) is 7.20. The molecule has 0 bridgehead atoms. The van der Waals surface area contributed by atoms with Crippen molar-refractivity contribution in [2.24, 2.45) is 0 Å². The number of halogens is 1. The number of rotatable bonds is 4. The Balaban J connectivity index is 2.21. The van der Waals surface area contributed by atoms with E-state index in [1.54, 1.807) is 37.3 Å². The first-order valence-corrected chi connectivity index (χ1v) is 8.46. The summed E-state index contributed by atoms with van der Waals surface area (Å²) in [4.78, 5) is 0.283. The molecule has 2 aromatic carbocycles. The predicted molar refractivity (Wildman–Crippen MR) is 82.8 cm³/mol. The van der Waals surface area contributed by atoms with E-state index in [9.17, 15) is 12.8 Å². The Hall–Kier alpha value is -1.88. The standard InChI is InChI=1S/C16H18FNO2S/c1-11-4-6-14(21(3,19)20)9-16(11)18-10-13-5-7-15(17)12(2)8-13/h4-9,18H,10H2,1-3H3. The lowest BCUT2D eigenvalue weighted by molar-refractivity contribution is 0.602. The fraction of sp³-hybridized carbons (Fsp3) is 0.250. The molecule has 0 heterocycles. The van der Waals surface area contributed by atoms with Crippen LogP contribution in [0.3, 0.4) is 0 Å². The molecule has 3 nitrogen and oxygen atoms in total. The van der Waals surface area contributed by atoms with Gasteiger partial charge < -0.3 is 5.32 Å². The highest BCUT2D eigenvalue weighted by Crippen LogP contribution is 2.21. The van der Waals surface area contributed by atoms with Gasteiger partial charge in [0.15, 0.2) is 9.84 Å². The van der Waals surface area contributed by atoms with Crippen molar-refractivity contribution in [3.8, 4) is 0 Å². The zero-order chi connectivity index (χ0) is 15.6. The van der Waals surface area contributed by atoms with Gasteiger partial charge in [0.1, 0.15) is 5.82 Å². The molecule has 2 aromatic rings. The van der Waals surface area contributed by atoms with Crippen LogP contribution < -0.4 is 5.32 Å². The van der Waals surface area contributed by atoms with Crippen LogP contribution in [0.2, 0.25) is 0 Å². The summed E-state index contributed by atoms with van der Waals surface area (Å²) in [5.41, 5.74) is 3.26. The third-order valence-corrected chi connectivity index (χ3v) is 4.45. The fourth-order valence-corrected chi connectivity index (χ4v) is 2.68. The predicted octanol–water partition coefficient (Wildman–Crippen LogP) is 3.46. The van der Waals surface area contributed by atoms with Crippen LogP contribution in [0.15, 0.2) is 41.3 Å². The molecule has 0 radical (unpaired) electrons. The average molecular weight is 307 g/mol. The van der Waals surface area contributed by atoms with E-state index >= 15 is 0 Å². The molecular formula is C16H18FNO2S. The van der Waals surface area contributed by atoms with Crippen molar-refractivity contribution in [1.29, 1.82) is 0 Å². The second kappa shape index (κ2) is 5.85. The van der Waals surface area contributed by atoms with Gasteiger partial charge in [-0.3, -0.25) is 0 Å². The van der Waals surface area contributed by atoms with Gasteiger partial charge in [0.05, 0.1) is 4.90 Å². The van der Waals surface area contributed by atoms with Gasteiger partial charge in [-0.05, 0) is 48.7 Å². The number of benzene rings is 2. The van der Waals surface area contributed by atoms with Gasteiger partial charge in [0, 0.05) is 18.5 Å². The Labute approximate surface area is 124 Å². The van der Waals surface area contributed by atoms with Crippen molar-refractivity contribution in [2.75, 3.05) is 11.6 Å². The van der Waals surface area contributed by atoms with Crippen molar-refractivity contribution in [3.05, 3.63) is 58.9 Å². The lowest BCUT2D eigenvalue weighted by Crippen LogP contribution is -2.04. The van der Waals surface area contributed by atoms with Crippen molar-refractivity contribution >= 4 is 15.5 Å². The Bertz CT molecular complexity index is 770.